The smallest absolute Gasteiger partial charge is 0.312 e. The second kappa shape index (κ2) is 4.15. The summed E-state index contributed by atoms with van der Waals surface area (Å²) in [6.45, 7) is 10.0. The first kappa shape index (κ1) is 12.5. The molecule has 0 aromatic carbocycles. The minimum atomic E-state index is -0.349. The zero-order valence-electron chi connectivity index (χ0n) is 10.7. The molecule has 1 aliphatic rings. The van der Waals surface area contributed by atoms with E-state index in [0.29, 0.717) is 5.92 Å². The summed E-state index contributed by atoms with van der Waals surface area (Å²) < 4.78 is 5.44. The molecule has 1 saturated carbocycles. The van der Waals surface area contributed by atoms with Crippen LogP contribution in [-0.4, -0.2) is 11.6 Å². The van der Waals surface area contributed by atoms with Gasteiger partial charge in [0.15, 0.2) is 0 Å². The van der Waals surface area contributed by atoms with E-state index < -0.39 is 0 Å². The van der Waals surface area contributed by atoms with Crippen molar-refractivity contribution < 1.29 is 9.53 Å². The first-order valence-electron chi connectivity index (χ1n) is 6.03. The Bertz CT molecular complexity index is 239. The molecule has 2 heteroatoms. The topological polar surface area (TPSA) is 26.3 Å². The predicted molar refractivity (Wildman–Crippen MR) is 61.6 cm³/mol. The first-order chi connectivity index (χ1) is 6.79. The Morgan fingerprint density at radius 1 is 1.47 bits per heavy atom. The van der Waals surface area contributed by atoms with Crippen LogP contribution in [0.5, 0.6) is 0 Å². The molecule has 0 aliphatic heterocycles. The molecule has 1 aliphatic carbocycles. The summed E-state index contributed by atoms with van der Waals surface area (Å²) in [4.78, 5) is 11.9. The van der Waals surface area contributed by atoms with Crippen molar-refractivity contribution in [2.24, 2.45) is 11.3 Å². The molecule has 0 aromatic heterocycles. The molecule has 0 heterocycles. The third kappa shape index (κ3) is 3.22. The average Bonchev–Trinajstić information content (AvgIpc) is 2.72. The van der Waals surface area contributed by atoms with E-state index in [-0.39, 0.29) is 17.0 Å². The maximum Gasteiger partial charge on any atom is 0.312 e. The minimum absolute atomic E-state index is 0.00361. The fourth-order valence-corrected chi connectivity index (χ4v) is 1.97. The Balaban J connectivity index is 2.42. The van der Waals surface area contributed by atoms with Gasteiger partial charge >= 0.3 is 5.97 Å². The summed E-state index contributed by atoms with van der Waals surface area (Å²) in [5.41, 5.74) is -0.527. The predicted octanol–water partition coefficient (Wildman–Crippen LogP) is 3.54. The van der Waals surface area contributed by atoms with Gasteiger partial charge in [0.05, 0.1) is 5.41 Å². The highest BCUT2D eigenvalue weighted by Gasteiger charge is 2.57. The van der Waals surface area contributed by atoms with Gasteiger partial charge in [-0.3, -0.25) is 4.79 Å². The number of unbranched alkanes of at least 4 members (excludes halogenated alkanes) is 1. The van der Waals surface area contributed by atoms with E-state index in [1.54, 1.807) is 0 Å². The van der Waals surface area contributed by atoms with Crippen molar-refractivity contribution in [3.63, 3.8) is 0 Å². The van der Waals surface area contributed by atoms with Crippen LogP contribution in [0.1, 0.15) is 60.3 Å². The summed E-state index contributed by atoms with van der Waals surface area (Å²) in [6, 6.07) is 0. The summed E-state index contributed by atoms with van der Waals surface area (Å²) in [7, 11) is 0. The molecule has 0 saturated heterocycles. The van der Waals surface area contributed by atoms with Crippen LogP contribution in [0.2, 0.25) is 0 Å². The fourth-order valence-electron chi connectivity index (χ4n) is 1.97. The van der Waals surface area contributed by atoms with Crippen LogP contribution in [0.25, 0.3) is 0 Å². The van der Waals surface area contributed by atoms with Crippen molar-refractivity contribution in [3.8, 4) is 0 Å². The Labute approximate surface area is 93.4 Å². The molecule has 0 N–H and O–H groups in total. The molecule has 1 fully saturated rings. The van der Waals surface area contributed by atoms with Crippen molar-refractivity contribution >= 4 is 5.97 Å². The normalized spacial score (nSPS) is 30.1. The summed E-state index contributed by atoms with van der Waals surface area (Å²) >= 11 is 0. The van der Waals surface area contributed by atoms with Crippen LogP contribution >= 0.6 is 0 Å². The number of hydrogen-bond donors (Lipinski definition) is 0. The highest BCUT2D eigenvalue weighted by molar-refractivity contribution is 5.80. The Kier molecular flexibility index (Phi) is 3.47. The van der Waals surface area contributed by atoms with Gasteiger partial charge in [-0.25, -0.2) is 0 Å². The van der Waals surface area contributed by atoms with Gasteiger partial charge in [-0.2, -0.15) is 0 Å². The standard InChI is InChI=1S/C13H24O2/c1-6-7-8-10-9-13(10,5)11(14)15-12(2,3)4/h10H,6-9H2,1-5H3/t10-,13-/m1/s1. The van der Waals surface area contributed by atoms with Gasteiger partial charge < -0.3 is 4.74 Å². The summed E-state index contributed by atoms with van der Waals surface area (Å²) in [5, 5.41) is 0. The lowest BCUT2D eigenvalue weighted by Crippen LogP contribution is -2.29. The molecule has 2 atom stereocenters. The van der Waals surface area contributed by atoms with Gasteiger partial charge in [0.25, 0.3) is 0 Å². The molecular formula is C13H24O2. The van der Waals surface area contributed by atoms with Crippen LogP contribution in [-0.2, 0) is 9.53 Å². The molecule has 2 nitrogen and oxygen atoms in total. The van der Waals surface area contributed by atoms with Gasteiger partial charge in [0, 0.05) is 0 Å². The van der Waals surface area contributed by atoms with Crippen LogP contribution in [0.3, 0.4) is 0 Å². The molecule has 88 valence electrons. The SMILES string of the molecule is CCCC[C@@H]1C[C@@]1(C)C(=O)OC(C)(C)C. The van der Waals surface area contributed by atoms with Crippen molar-refractivity contribution in [2.75, 3.05) is 0 Å². The van der Waals surface area contributed by atoms with Crippen molar-refractivity contribution in [1.29, 1.82) is 0 Å². The van der Waals surface area contributed by atoms with Crippen LogP contribution < -0.4 is 0 Å². The summed E-state index contributed by atoms with van der Waals surface area (Å²) in [5.74, 6) is 0.559. The average molecular weight is 212 g/mol. The lowest BCUT2D eigenvalue weighted by molar-refractivity contribution is -0.161. The number of ether oxygens (including phenoxy) is 1. The van der Waals surface area contributed by atoms with Crippen LogP contribution in [0.4, 0.5) is 0 Å². The molecule has 15 heavy (non-hydrogen) atoms. The monoisotopic (exact) mass is 212 g/mol. The zero-order valence-corrected chi connectivity index (χ0v) is 10.7. The second-order valence-corrected chi connectivity index (χ2v) is 5.96. The second-order valence-electron chi connectivity index (χ2n) is 5.96. The highest BCUT2D eigenvalue weighted by atomic mass is 16.6. The quantitative estimate of drug-likeness (QED) is 0.666. The highest BCUT2D eigenvalue weighted by Crippen LogP contribution is 2.56. The first-order valence-corrected chi connectivity index (χ1v) is 6.03. The van der Waals surface area contributed by atoms with E-state index in [1.807, 2.05) is 27.7 Å². The number of carbonyl (C=O) groups is 1. The molecule has 0 unspecified atom stereocenters. The number of rotatable bonds is 4. The molecule has 0 aromatic rings. The zero-order chi connectivity index (χ0) is 11.7. The van der Waals surface area contributed by atoms with Gasteiger partial charge in [0.2, 0.25) is 0 Å². The van der Waals surface area contributed by atoms with E-state index >= 15 is 0 Å². The van der Waals surface area contributed by atoms with Crippen LogP contribution in [0, 0.1) is 11.3 Å². The Hall–Kier alpha value is -0.530. The van der Waals surface area contributed by atoms with Gasteiger partial charge in [-0.05, 0) is 46.5 Å². The lowest BCUT2D eigenvalue weighted by atomic mass is 10.0. The third-order valence-corrected chi connectivity index (χ3v) is 3.18. The van der Waals surface area contributed by atoms with E-state index in [4.69, 9.17) is 4.74 Å². The van der Waals surface area contributed by atoms with E-state index in [9.17, 15) is 4.79 Å². The van der Waals surface area contributed by atoms with E-state index in [1.165, 1.54) is 19.3 Å². The largest absolute Gasteiger partial charge is 0.460 e. The number of esters is 1. The third-order valence-electron chi connectivity index (χ3n) is 3.18. The number of hydrogen-bond acceptors (Lipinski definition) is 2. The lowest BCUT2D eigenvalue weighted by Gasteiger charge is -2.22. The van der Waals surface area contributed by atoms with Gasteiger partial charge in [-0.15, -0.1) is 0 Å². The molecular weight excluding hydrogens is 188 g/mol. The van der Waals surface area contributed by atoms with E-state index in [2.05, 4.69) is 6.92 Å². The van der Waals surface area contributed by atoms with Gasteiger partial charge in [-0.1, -0.05) is 19.8 Å². The van der Waals surface area contributed by atoms with Crippen molar-refractivity contribution in [3.05, 3.63) is 0 Å². The van der Waals surface area contributed by atoms with Crippen LogP contribution in [0.15, 0.2) is 0 Å². The molecule has 0 amide bonds. The molecule has 0 radical (unpaired) electrons. The van der Waals surface area contributed by atoms with E-state index in [0.717, 1.165) is 6.42 Å². The summed E-state index contributed by atoms with van der Waals surface area (Å²) in [6.07, 6.45) is 4.62. The van der Waals surface area contributed by atoms with Crippen molar-refractivity contribution in [2.45, 2.75) is 65.9 Å². The van der Waals surface area contributed by atoms with Crippen molar-refractivity contribution in [1.82, 2.24) is 0 Å². The molecule has 1 rings (SSSR count). The maximum atomic E-state index is 11.9. The Morgan fingerprint density at radius 2 is 2.07 bits per heavy atom. The minimum Gasteiger partial charge on any atom is -0.460 e. The fraction of sp³-hybridized carbons (Fsp3) is 0.923. The maximum absolute atomic E-state index is 11.9. The Morgan fingerprint density at radius 3 is 2.53 bits per heavy atom. The molecule has 0 bridgehead atoms. The number of carbonyl (C=O) groups excluding carboxylic acids is 1. The van der Waals surface area contributed by atoms with Gasteiger partial charge in [0.1, 0.15) is 5.60 Å². The molecule has 0 spiro atoms.